The third-order valence-electron chi connectivity index (χ3n) is 5.27. The van der Waals surface area contributed by atoms with Gasteiger partial charge in [-0.3, -0.25) is 4.79 Å². The Labute approximate surface area is 141 Å². The van der Waals surface area contributed by atoms with E-state index in [-0.39, 0.29) is 5.91 Å². The van der Waals surface area contributed by atoms with Gasteiger partial charge in [0.1, 0.15) is 5.69 Å². The van der Waals surface area contributed by atoms with E-state index in [1.807, 2.05) is 24.3 Å². The SMILES string of the molecule is O=C(c1cc2cc(Cl)ccc2[nH]1)N1CCCCC1C1CCNC1. The van der Waals surface area contributed by atoms with Gasteiger partial charge >= 0.3 is 0 Å². The minimum atomic E-state index is 0.133. The number of fused-ring (bicyclic) bond motifs is 1. The van der Waals surface area contributed by atoms with Crippen molar-refractivity contribution >= 4 is 28.4 Å². The van der Waals surface area contributed by atoms with Crippen LogP contribution in [0.5, 0.6) is 0 Å². The number of carbonyl (C=O) groups is 1. The van der Waals surface area contributed by atoms with Crippen molar-refractivity contribution < 1.29 is 4.79 Å². The molecule has 2 aromatic rings. The van der Waals surface area contributed by atoms with E-state index in [0.29, 0.717) is 22.7 Å². The third-order valence-corrected chi connectivity index (χ3v) is 5.50. The number of hydrogen-bond acceptors (Lipinski definition) is 2. The van der Waals surface area contributed by atoms with Crippen LogP contribution in [-0.4, -0.2) is 41.5 Å². The summed E-state index contributed by atoms with van der Waals surface area (Å²) < 4.78 is 0. The molecular formula is C18H22ClN3O. The summed E-state index contributed by atoms with van der Waals surface area (Å²) in [6.45, 7) is 2.99. The van der Waals surface area contributed by atoms with Crippen LogP contribution in [0.25, 0.3) is 10.9 Å². The number of rotatable bonds is 2. The highest BCUT2D eigenvalue weighted by molar-refractivity contribution is 6.31. The third kappa shape index (κ3) is 2.86. The Morgan fingerprint density at radius 2 is 2.13 bits per heavy atom. The summed E-state index contributed by atoms with van der Waals surface area (Å²) in [5.74, 6) is 0.729. The van der Waals surface area contributed by atoms with Crippen LogP contribution in [0.3, 0.4) is 0 Å². The molecule has 122 valence electrons. The number of nitrogens with one attached hydrogen (secondary N) is 2. The van der Waals surface area contributed by atoms with Crippen LogP contribution >= 0.6 is 11.6 Å². The summed E-state index contributed by atoms with van der Waals surface area (Å²) in [4.78, 5) is 18.4. The summed E-state index contributed by atoms with van der Waals surface area (Å²) in [7, 11) is 0. The molecule has 1 aromatic carbocycles. The molecule has 1 aromatic heterocycles. The number of aromatic amines is 1. The van der Waals surface area contributed by atoms with Crippen molar-refractivity contribution in [2.45, 2.75) is 31.7 Å². The summed E-state index contributed by atoms with van der Waals surface area (Å²) in [6, 6.07) is 7.99. The Hall–Kier alpha value is -1.52. The molecule has 0 spiro atoms. The summed E-state index contributed by atoms with van der Waals surface area (Å²) in [5, 5.41) is 5.13. The van der Waals surface area contributed by atoms with E-state index in [9.17, 15) is 4.79 Å². The van der Waals surface area contributed by atoms with Crippen molar-refractivity contribution in [3.8, 4) is 0 Å². The van der Waals surface area contributed by atoms with E-state index >= 15 is 0 Å². The van der Waals surface area contributed by atoms with Gasteiger partial charge in [0, 0.05) is 28.5 Å². The Kier molecular flexibility index (Phi) is 4.04. The number of carbonyl (C=O) groups excluding carboxylic acids is 1. The minimum absolute atomic E-state index is 0.133. The van der Waals surface area contributed by atoms with Crippen molar-refractivity contribution in [2.24, 2.45) is 5.92 Å². The molecule has 0 saturated carbocycles. The number of piperidine rings is 1. The van der Waals surface area contributed by atoms with Crippen LogP contribution in [-0.2, 0) is 0 Å². The van der Waals surface area contributed by atoms with Gasteiger partial charge in [-0.1, -0.05) is 11.6 Å². The maximum Gasteiger partial charge on any atom is 0.270 e. The monoisotopic (exact) mass is 331 g/mol. The molecule has 2 atom stereocenters. The number of halogens is 1. The van der Waals surface area contributed by atoms with Crippen LogP contribution in [0.2, 0.25) is 5.02 Å². The fourth-order valence-corrected chi connectivity index (χ4v) is 4.26. The lowest BCUT2D eigenvalue weighted by Crippen LogP contribution is -2.48. The maximum absolute atomic E-state index is 13.1. The van der Waals surface area contributed by atoms with Gasteiger partial charge in [0.25, 0.3) is 5.91 Å². The second kappa shape index (κ2) is 6.17. The second-order valence-corrected chi connectivity index (χ2v) is 7.17. The molecular weight excluding hydrogens is 310 g/mol. The predicted molar refractivity (Wildman–Crippen MR) is 93.0 cm³/mol. The van der Waals surface area contributed by atoms with Gasteiger partial charge in [-0.25, -0.2) is 0 Å². The van der Waals surface area contributed by atoms with Gasteiger partial charge in [-0.05, 0) is 69.0 Å². The predicted octanol–water partition coefficient (Wildman–Crippen LogP) is 3.43. The van der Waals surface area contributed by atoms with E-state index in [0.717, 1.165) is 43.4 Å². The molecule has 1 amide bonds. The molecule has 2 saturated heterocycles. The van der Waals surface area contributed by atoms with Crippen molar-refractivity contribution in [3.05, 3.63) is 35.0 Å². The number of amides is 1. The number of nitrogens with zero attached hydrogens (tertiary/aromatic N) is 1. The summed E-state index contributed by atoms with van der Waals surface area (Å²) >= 11 is 6.05. The molecule has 23 heavy (non-hydrogen) atoms. The molecule has 3 heterocycles. The highest BCUT2D eigenvalue weighted by Gasteiger charge is 2.35. The Bertz CT molecular complexity index is 720. The van der Waals surface area contributed by atoms with Crippen molar-refractivity contribution in [1.82, 2.24) is 15.2 Å². The molecule has 2 N–H and O–H groups in total. The zero-order valence-electron chi connectivity index (χ0n) is 13.1. The molecule has 4 nitrogen and oxygen atoms in total. The molecule has 2 fully saturated rings. The molecule has 0 radical (unpaired) electrons. The first-order chi connectivity index (χ1) is 11.2. The van der Waals surface area contributed by atoms with Crippen molar-refractivity contribution in [2.75, 3.05) is 19.6 Å². The lowest BCUT2D eigenvalue weighted by Gasteiger charge is -2.39. The fraction of sp³-hybridized carbons (Fsp3) is 0.500. The van der Waals surface area contributed by atoms with Crippen LogP contribution in [0, 0.1) is 5.92 Å². The number of aromatic nitrogens is 1. The molecule has 4 rings (SSSR count). The number of likely N-dealkylation sites (tertiary alicyclic amines) is 1. The van der Waals surface area contributed by atoms with Crippen molar-refractivity contribution in [3.63, 3.8) is 0 Å². The van der Waals surface area contributed by atoms with E-state index < -0.39 is 0 Å². The Morgan fingerprint density at radius 1 is 1.22 bits per heavy atom. The topological polar surface area (TPSA) is 48.1 Å². The van der Waals surface area contributed by atoms with Gasteiger partial charge in [-0.2, -0.15) is 0 Å². The van der Waals surface area contributed by atoms with Crippen molar-refractivity contribution in [1.29, 1.82) is 0 Å². The van der Waals surface area contributed by atoms with E-state index in [1.54, 1.807) is 0 Å². The molecule has 2 aliphatic heterocycles. The zero-order chi connectivity index (χ0) is 15.8. The smallest absolute Gasteiger partial charge is 0.270 e. The fourth-order valence-electron chi connectivity index (χ4n) is 4.08. The Balaban J connectivity index is 1.62. The van der Waals surface area contributed by atoms with Gasteiger partial charge in [0.2, 0.25) is 0 Å². The number of benzene rings is 1. The molecule has 0 aliphatic carbocycles. The summed E-state index contributed by atoms with van der Waals surface area (Å²) in [5.41, 5.74) is 1.65. The van der Waals surface area contributed by atoms with Crippen LogP contribution in [0.15, 0.2) is 24.3 Å². The Morgan fingerprint density at radius 3 is 2.96 bits per heavy atom. The maximum atomic E-state index is 13.1. The first kappa shape index (κ1) is 15.0. The second-order valence-electron chi connectivity index (χ2n) is 6.73. The normalized spacial score (nSPS) is 25.2. The molecule has 2 unspecified atom stereocenters. The van der Waals surface area contributed by atoms with E-state index in [2.05, 4.69) is 15.2 Å². The van der Waals surface area contributed by atoms with Crippen LogP contribution < -0.4 is 5.32 Å². The minimum Gasteiger partial charge on any atom is -0.351 e. The van der Waals surface area contributed by atoms with Gasteiger partial charge in [0.15, 0.2) is 0 Å². The van der Waals surface area contributed by atoms with Gasteiger partial charge < -0.3 is 15.2 Å². The van der Waals surface area contributed by atoms with Gasteiger partial charge in [0.05, 0.1) is 0 Å². The highest BCUT2D eigenvalue weighted by Crippen LogP contribution is 2.29. The lowest BCUT2D eigenvalue weighted by molar-refractivity contribution is 0.0525. The van der Waals surface area contributed by atoms with E-state index in [4.69, 9.17) is 11.6 Å². The molecule has 5 heteroatoms. The van der Waals surface area contributed by atoms with Crippen LogP contribution in [0.4, 0.5) is 0 Å². The lowest BCUT2D eigenvalue weighted by atomic mass is 9.89. The molecule has 0 bridgehead atoms. The van der Waals surface area contributed by atoms with Gasteiger partial charge in [-0.15, -0.1) is 0 Å². The highest BCUT2D eigenvalue weighted by atomic mass is 35.5. The number of hydrogen-bond donors (Lipinski definition) is 2. The first-order valence-corrected chi connectivity index (χ1v) is 8.90. The number of H-pyrrole nitrogens is 1. The standard InChI is InChI=1S/C18H22ClN3O/c19-14-4-5-15-13(9-14)10-16(21-15)18(23)22-8-2-1-3-17(22)12-6-7-20-11-12/h4-5,9-10,12,17,20-21H,1-3,6-8,11H2. The average molecular weight is 332 g/mol. The largest absolute Gasteiger partial charge is 0.351 e. The average Bonchev–Trinajstić information content (AvgIpc) is 3.23. The first-order valence-electron chi connectivity index (χ1n) is 8.52. The summed E-state index contributed by atoms with van der Waals surface area (Å²) in [6.07, 6.45) is 4.64. The van der Waals surface area contributed by atoms with Crippen LogP contribution in [0.1, 0.15) is 36.2 Å². The zero-order valence-corrected chi connectivity index (χ0v) is 13.9. The molecule has 2 aliphatic rings. The van der Waals surface area contributed by atoms with E-state index in [1.165, 1.54) is 12.8 Å². The quantitative estimate of drug-likeness (QED) is 0.885.